The molecule has 4 heteroatoms. The number of likely N-dealkylation sites (tertiary alicyclic amines) is 1. The van der Waals surface area contributed by atoms with E-state index in [0.29, 0.717) is 19.4 Å². The summed E-state index contributed by atoms with van der Waals surface area (Å²) in [5, 5.41) is 0. The third kappa shape index (κ3) is 2.84. The third-order valence-electron chi connectivity index (χ3n) is 4.03. The topological polar surface area (TPSA) is 46.6 Å². The van der Waals surface area contributed by atoms with Crippen LogP contribution in [-0.2, 0) is 9.59 Å². The van der Waals surface area contributed by atoms with Crippen LogP contribution in [0.15, 0.2) is 24.3 Å². The Morgan fingerprint density at radius 3 is 2.60 bits per heavy atom. The molecule has 1 amide bonds. The van der Waals surface area contributed by atoms with Gasteiger partial charge in [0.15, 0.2) is 0 Å². The second kappa shape index (κ2) is 6.07. The van der Waals surface area contributed by atoms with Crippen LogP contribution in [0.5, 0.6) is 5.75 Å². The molecule has 0 N–H and O–H groups in total. The lowest BCUT2D eigenvalue weighted by Gasteiger charge is -2.25. The maximum absolute atomic E-state index is 12.1. The fraction of sp³-hybridized carbons (Fsp3) is 0.500. The van der Waals surface area contributed by atoms with Gasteiger partial charge in [0.25, 0.3) is 0 Å². The van der Waals surface area contributed by atoms with Crippen molar-refractivity contribution in [2.45, 2.75) is 32.7 Å². The van der Waals surface area contributed by atoms with Gasteiger partial charge in [-0.25, -0.2) is 0 Å². The molecule has 1 aliphatic rings. The van der Waals surface area contributed by atoms with Crippen LogP contribution in [0.1, 0.15) is 38.3 Å². The molecule has 0 aromatic heterocycles. The Hall–Kier alpha value is -1.84. The van der Waals surface area contributed by atoms with Crippen LogP contribution in [-0.4, -0.2) is 30.2 Å². The Morgan fingerprint density at radius 1 is 1.40 bits per heavy atom. The predicted octanol–water partition coefficient (Wildman–Crippen LogP) is 2.58. The van der Waals surface area contributed by atoms with Crippen LogP contribution in [0.25, 0.3) is 0 Å². The first-order chi connectivity index (χ1) is 9.56. The average Bonchev–Trinajstić information content (AvgIpc) is 2.87. The van der Waals surface area contributed by atoms with E-state index in [-0.39, 0.29) is 23.7 Å². The Bertz CT molecular complexity index is 495. The lowest BCUT2D eigenvalue weighted by atomic mass is 10.0. The van der Waals surface area contributed by atoms with Crippen molar-refractivity contribution < 1.29 is 14.3 Å². The number of rotatable bonds is 5. The molecule has 1 aromatic carbocycles. The Kier molecular flexibility index (Phi) is 4.42. The molecular formula is C16H21NO3. The molecule has 1 saturated heterocycles. The zero-order valence-corrected chi connectivity index (χ0v) is 12.3. The molecule has 0 saturated carbocycles. The van der Waals surface area contributed by atoms with Crippen LogP contribution in [0.2, 0.25) is 0 Å². The molecule has 108 valence electrons. The molecule has 1 fully saturated rings. The molecule has 4 nitrogen and oxygen atoms in total. The first kappa shape index (κ1) is 14.6. The minimum Gasteiger partial charge on any atom is -0.497 e. The summed E-state index contributed by atoms with van der Waals surface area (Å²) in [5.74, 6) is 0.920. The van der Waals surface area contributed by atoms with Gasteiger partial charge in [0.05, 0.1) is 13.2 Å². The van der Waals surface area contributed by atoms with E-state index >= 15 is 0 Å². The third-order valence-corrected chi connectivity index (χ3v) is 4.03. The molecule has 1 heterocycles. The summed E-state index contributed by atoms with van der Waals surface area (Å²) < 4.78 is 5.13. The lowest BCUT2D eigenvalue weighted by Crippen LogP contribution is -2.29. The second-order valence-electron chi connectivity index (χ2n) is 5.22. The maximum Gasteiger partial charge on any atom is 0.223 e. The maximum atomic E-state index is 12.1. The van der Waals surface area contributed by atoms with Crippen molar-refractivity contribution in [3.63, 3.8) is 0 Å². The fourth-order valence-electron chi connectivity index (χ4n) is 2.67. The first-order valence-corrected chi connectivity index (χ1v) is 7.03. The normalized spacial score (nSPS) is 20.1. The Morgan fingerprint density at radius 2 is 2.05 bits per heavy atom. The van der Waals surface area contributed by atoms with E-state index in [1.54, 1.807) is 12.0 Å². The number of nitrogens with zero attached hydrogens (tertiary/aromatic N) is 1. The molecule has 1 aromatic rings. The number of hydrogen-bond donors (Lipinski definition) is 0. The van der Waals surface area contributed by atoms with Crippen LogP contribution < -0.4 is 4.74 Å². The Balaban J connectivity index is 2.10. The summed E-state index contributed by atoms with van der Waals surface area (Å²) in [6.07, 6.45) is 0.857. The van der Waals surface area contributed by atoms with Gasteiger partial charge in [0.1, 0.15) is 11.5 Å². The molecule has 0 aliphatic carbocycles. The van der Waals surface area contributed by atoms with Crippen molar-refractivity contribution >= 4 is 11.7 Å². The molecule has 0 spiro atoms. The number of benzene rings is 1. The number of amides is 1. The molecule has 1 aliphatic heterocycles. The highest BCUT2D eigenvalue weighted by Crippen LogP contribution is 2.30. The minimum absolute atomic E-state index is 0.0111. The van der Waals surface area contributed by atoms with Gasteiger partial charge < -0.3 is 9.64 Å². The molecule has 2 atom stereocenters. The van der Waals surface area contributed by atoms with Crippen molar-refractivity contribution in [1.29, 1.82) is 0 Å². The van der Waals surface area contributed by atoms with Crippen molar-refractivity contribution in [3.8, 4) is 5.75 Å². The van der Waals surface area contributed by atoms with Gasteiger partial charge in [-0.05, 0) is 24.6 Å². The second-order valence-corrected chi connectivity index (χ2v) is 5.22. The van der Waals surface area contributed by atoms with Gasteiger partial charge in [-0.2, -0.15) is 0 Å². The van der Waals surface area contributed by atoms with Crippen LogP contribution >= 0.6 is 0 Å². The van der Waals surface area contributed by atoms with Gasteiger partial charge in [-0.15, -0.1) is 0 Å². The fourth-order valence-corrected chi connectivity index (χ4v) is 2.67. The number of Topliss-reactive ketones (excluding diaryl/α,β-unsaturated/α-hetero) is 1. The molecule has 0 radical (unpaired) electrons. The van der Waals surface area contributed by atoms with Gasteiger partial charge in [-0.1, -0.05) is 19.1 Å². The van der Waals surface area contributed by atoms with E-state index < -0.39 is 0 Å². The lowest BCUT2D eigenvalue weighted by molar-refractivity contribution is -0.130. The van der Waals surface area contributed by atoms with Crippen molar-refractivity contribution in [2.75, 3.05) is 13.7 Å². The molecule has 2 rings (SSSR count). The summed E-state index contributed by atoms with van der Waals surface area (Å²) in [6, 6.07) is 7.70. The standard InChI is InChI=1S/C16H21NO3/c1-4-15(18)13-9-16(19)17(10-13)11(2)12-5-7-14(20-3)8-6-12/h5-8,11,13H,4,9-10H2,1-3H3/t11-,13?/m1/s1. The first-order valence-electron chi connectivity index (χ1n) is 7.03. The van der Waals surface area contributed by atoms with E-state index in [4.69, 9.17) is 4.74 Å². The van der Waals surface area contributed by atoms with Gasteiger partial charge in [0, 0.05) is 25.3 Å². The number of methoxy groups -OCH3 is 1. The monoisotopic (exact) mass is 275 g/mol. The zero-order chi connectivity index (χ0) is 14.7. The van der Waals surface area contributed by atoms with E-state index in [9.17, 15) is 9.59 Å². The number of carbonyl (C=O) groups is 2. The van der Waals surface area contributed by atoms with Gasteiger partial charge >= 0.3 is 0 Å². The van der Waals surface area contributed by atoms with E-state index in [0.717, 1.165) is 11.3 Å². The summed E-state index contributed by atoms with van der Waals surface area (Å²) in [7, 11) is 1.63. The SMILES string of the molecule is CCC(=O)C1CC(=O)N([C@H](C)c2ccc(OC)cc2)C1. The average molecular weight is 275 g/mol. The molecular weight excluding hydrogens is 254 g/mol. The molecule has 20 heavy (non-hydrogen) atoms. The summed E-state index contributed by atoms with van der Waals surface area (Å²) in [6.45, 7) is 4.39. The smallest absolute Gasteiger partial charge is 0.223 e. The highest BCUT2D eigenvalue weighted by atomic mass is 16.5. The van der Waals surface area contributed by atoms with Crippen molar-refractivity contribution in [3.05, 3.63) is 29.8 Å². The van der Waals surface area contributed by atoms with E-state index in [1.807, 2.05) is 38.1 Å². The van der Waals surface area contributed by atoms with Gasteiger partial charge in [0.2, 0.25) is 5.91 Å². The molecule has 1 unspecified atom stereocenters. The van der Waals surface area contributed by atoms with Crippen molar-refractivity contribution in [2.24, 2.45) is 5.92 Å². The largest absolute Gasteiger partial charge is 0.497 e. The number of hydrogen-bond acceptors (Lipinski definition) is 3. The molecule has 0 bridgehead atoms. The number of ether oxygens (including phenoxy) is 1. The predicted molar refractivity (Wildman–Crippen MR) is 76.5 cm³/mol. The summed E-state index contributed by atoms with van der Waals surface area (Å²) in [5.41, 5.74) is 1.06. The summed E-state index contributed by atoms with van der Waals surface area (Å²) >= 11 is 0. The highest BCUT2D eigenvalue weighted by molar-refractivity contribution is 5.90. The van der Waals surface area contributed by atoms with Crippen LogP contribution in [0.4, 0.5) is 0 Å². The number of ketones is 1. The van der Waals surface area contributed by atoms with E-state index in [1.165, 1.54) is 0 Å². The Labute approximate surface area is 119 Å². The van der Waals surface area contributed by atoms with Crippen LogP contribution in [0.3, 0.4) is 0 Å². The van der Waals surface area contributed by atoms with Crippen LogP contribution in [0, 0.1) is 5.92 Å². The quantitative estimate of drug-likeness (QED) is 0.829. The minimum atomic E-state index is -0.131. The zero-order valence-electron chi connectivity index (χ0n) is 12.3. The van der Waals surface area contributed by atoms with E-state index in [2.05, 4.69) is 0 Å². The summed E-state index contributed by atoms with van der Waals surface area (Å²) in [4.78, 5) is 25.6. The van der Waals surface area contributed by atoms with Crippen molar-refractivity contribution in [1.82, 2.24) is 4.90 Å². The number of carbonyl (C=O) groups excluding carboxylic acids is 2. The highest BCUT2D eigenvalue weighted by Gasteiger charge is 2.36. The van der Waals surface area contributed by atoms with Gasteiger partial charge in [-0.3, -0.25) is 9.59 Å².